The van der Waals surface area contributed by atoms with Crippen LogP contribution in [0.15, 0.2) is 42.5 Å². The molecule has 0 unspecified atom stereocenters. The number of carbonyl (C=O) groups is 1. The Labute approximate surface area is 120 Å². The summed E-state index contributed by atoms with van der Waals surface area (Å²) < 4.78 is 0. The van der Waals surface area contributed by atoms with Crippen LogP contribution in [0.25, 0.3) is 10.8 Å². The van der Waals surface area contributed by atoms with Crippen molar-refractivity contribution in [1.82, 2.24) is 4.90 Å². The molecule has 0 radical (unpaired) electrons. The molecule has 20 heavy (non-hydrogen) atoms. The lowest BCUT2D eigenvalue weighted by Gasteiger charge is -2.28. The second-order valence-corrected chi connectivity index (χ2v) is 4.73. The van der Waals surface area contributed by atoms with Gasteiger partial charge in [-0.25, -0.2) is 4.79 Å². The third-order valence-corrected chi connectivity index (χ3v) is 3.63. The molecule has 0 heterocycles. The second-order valence-electron chi connectivity index (χ2n) is 4.73. The molecule has 0 bridgehead atoms. The van der Waals surface area contributed by atoms with Crippen molar-refractivity contribution in [2.75, 3.05) is 24.5 Å². The van der Waals surface area contributed by atoms with Crippen molar-refractivity contribution >= 4 is 22.5 Å². The van der Waals surface area contributed by atoms with Crippen LogP contribution in [0.3, 0.4) is 0 Å². The highest BCUT2D eigenvalue weighted by atomic mass is 16.2. The molecule has 106 valence electrons. The highest BCUT2D eigenvalue weighted by Gasteiger charge is 2.18. The standard InChI is InChI=1S/C17H22N2O/c1-4-18(5-2)17(20)19(6-3)16-12-11-14-9-7-8-10-15(14)13-16/h7-13H,4-6H2,1-3H3. The minimum absolute atomic E-state index is 0.0766. The van der Waals surface area contributed by atoms with Crippen molar-refractivity contribution in [2.45, 2.75) is 20.8 Å². The minimum Gasteiger partial charge on any atom is -0.325 e. The Bertz CT molecular complexity index is 590. The fourth-order valence-corrected chi connectivity index (χ4v) is 2.44. The molecule has 2 rings (SSSR count). The van der Waals surface area contributed by atoms with E-state index in [1.165, 1.54) is 5.39 Å². The van der Waals surface area contributed by atoms with Crippen molar-refractivity contribution in [2.24, 2.45) is 0 Å². The molecule has 0 spiro atoms. The number of nitrogens with zero attached hydrogens (tertiary/aromatic N) is 2. The summed E-state index contributed by atoms with van der Waals surface area (Å²) in [7, 11) is 0. The van der Waals surface area contributed by atoms with Gasteiger partial charge in [0.15, 0.2) is 0 Å². The molecule has 0 atom stereocenters. The maximum absolute atomic E-state index is 12.5. The van der Waals surface area contributed by atoms with Crippen LogP contribution in [0.4, 0.5) is 10.5 Å². The molecule has 2 amide bonds. The van der Waals surface area contributed by atoms with E-state index in [0.29, 0.717) is 6.54 Å². The number of amides is 2. The van der Waals surface area contributed by atoms with E-state index in [1.54, 1.807) is 0 Å². The Kier molecular flexibility index (Phi) is 4.61. The average Bonchev–Trinajstić information content (AvgIpc) is 2.49. The van der Waals surface area contributed by atoms with Crippen LogP contribution in [0, 0.1) is 0 Å². The van der Waals surface area contributed by atoms with Crippen LogP contribution in [0.2, 0.25) is 0 Å². The van der Waals surface area contributed by atoms with E-state index < -0.39 is 0 Å². The first-order valence-corrected chi connectivity index (χ1v) is 7.26. The summed E-state index contributed by atoms with van der Waals surface area (Å²) in [4.78, 5) is 16.2. The lowest BCUT2D eigenvalue weighted by atomic mass is 10.1. The molecule has 0 aliphatic rings. The average molecular weight is 270 g/mol. The van der Waals surface area contributed by atoms with Gasteiger partial charge < -0.3 is 4.90 Å². The van der Waals surface area contributed by atoms with Crippen LogP contribution >= 0.6 is 0 Å². The fraction of sp³-hybridized carbons (Fsp3) is 0.353. The van der Waals surface area contributed by atoms with Crippen molar-refractivity contribution in [3.8, 4) is 0 Å². The summed E-state index contributed by atoms with van der Waals surface area (Å²) in [6, 6.07) is 14.5. The van der Waals surface area contributed by atoms with E-state index in [0.717, 1.165) is 24.2 Å². The van der Waals surface area contributed by atoms with Gasteiger partial charge in [0.05, 0.1) is 0 Å². The Hall–Kier alpha value is -2.03. The van der Waals surface area contributed by atoms with Gasteiger partial charge in [0.2, 0.25) is 0 Å². The molecular formula is C17H22N2O. The van der Waals surface area contributed by atoms with Crippen LogP contribution < -0.4 is 4.90 Å². The topological polar surface area (TPSA) is 23.6 Å². The smallest absolute Gasteiger partial charge is 0.324 e. The number of benzene rings is 2. The Morgan fingerprint density at radius 3 is 2.15 bits per heavy atom. The van der Waals surface area contributed by atoms with Gasteiger partial charge in [-0.1, -0.05) is 30.3 Å². The molecule has 0 saturated carbocycles. The summed E-state index contributed by atoms with van der Waals surface area (Å²) in [5.41, 5.74) is 0.961. The molecule has 0 N–H and O–H groups in total. The molecule has 0 aliphatic carbocycles. The van der Waals surface area contributed by atoms with Crippen LogP contribution in [-0.2, 0) is 0 Å². The van der Waals surface area contributed by atoms with Crippen LogP contribution in [0.1, 0.15) is 20.8 Å². The van der Waals surface area contributed by atoms with Gasteiger partial charge >= 0.3 is 6.03 Å². The van der Waals surface area contributed by atoms with Gasteiger partial charge in [-0.05, 0) is 43.7 Å². The Morgan fingerprint density at radius 1 is 0.900 bits per heavy atom. The third-order valence-electron chi connectivity index (χ3n) is 3.63. The predicted octanol–water partition coefficient (Wildman–Crippen LogP) is 4.13. The van der Waals surface area contributed by atoms with Crippen molar-refractivity contribution in [1.29, 1.82) is 0 Å². The van der Waals surface area contributed by atoms with E-state index in [-0.39, 0.29) is 6.03 Å². The highest BCUT2D eigenvalue weighted by Crippen LogP contribution is 2.23. The third kappa shape index (κ3) is 2.77. The van der Waals surface area contributed by atoms with Crippen LogP contribution in [0.5, 0.6) is 0 Å². The largest absolute Gasteiger partial charge is 0.325 e. The number of hydrogen-bond donors (Lipinski definition) is 0. The van der Waals surface area contributed by atoms with E-state index in [1.807, 2.05) is 48.8 Å². The molecule has 3 nitrogen and oxygen atoms in total. The minimum atomic E-state index is 0.0766. The first-order valence-electron chi connectivity index (χ1n) is 7.26. The van der Waals surface area contributed by atoms with Gasteiger partial charge in [-0.3, -0.25) is 4.90 Å². The molecule has 0 aromatic heterocycles. The normalized spacial score (nSPS) is 10.6. The number of carbonyl (C=O) groups excluding carboxylic acids is 1. The predicted molar refractivity (Wildman–Crippen MR) is 85.3 cm³/mol. The first-order chi connectivity index (χ1) is 9.71. The Morgan fingerprint density at radius 2 is 1.55 bits per heavy atom. The van der Waals surface area contributed by atoms with Gasteiger partial charge in [0.25, 0.3) is 0 Å². The number of anilines is 1. The molecule has 0 aliphatic heterocycles. The van der Waals surface area contributed by atoms with Crippen molar-refractivity contribution < 1.29 is 4.79 Å². The molecule has 0 saturated heterocycles. The molecule has 3 heteroatoms. The lowest BCUT2D eigenvalue weighted by Crippen LogP contribution is -2.43. The maximum atomic E-state index is 12.5. The van der Waals surface area contributed by atoms with E-state index in [2.05, 4.69) is 24.3 Å². The van der Waals surface area contributed by atoms with Gasteiger partial charge in [-0.15, -0.1) is 0 Å². The van der Waals surface area contributed by atoms with E-state index in [9.17, 15) is 4.79 Å². The van der Waals surface area contributed by atoms with E-state index >= 15 is 0 Å². The van der Waals surface area contributed by atoms with Gasteiger partial charge in [0, 0.05) is 25.3 Å². The molecular weight excluding hydrogens is 248 g/mol. The highest BCUT2D eigenvalue weighted by molar-refractivity contribution is 5.95. The Balaban J connectivity index is 2.36. The molecule has 0 fully saturated rings. The zero-order chi connectivity index (χ0) is 14.5. The summed E-state index contributed by atoms with van der Waals surface area (Å²) in [6.45, 7) is 8.17. The number of fused-ring (bicyclic) bond motifs is 1. The summed E-state index contributed by atoms with van der Waals surface area (Å²) in [5.74, 6) is 0. The first kappa shape index (κ1) is 14.4. The molecule has 2 aromatic carbocycles. The zero-order valence-corrected chi connectivity index (χ0v) is 12.5. The maximum Gasteiger partial charge on any atom is 0.324 e. The number of rotatable bonds is 4. The lowest BCUT2D eigenvalue weighted by molar-refractivity contribution is 0.210. The zero-order valence-electron chi connectivity index (χ0n) is 12.5. The summed E-state index contributed by atoms with van der Waals surface area (Å²) >= 11 is 0. The number of hydrogen-bond acceptors (Lipinski definition) is 1. The monoisotopic (exact) mass is 270 g/mol. The second kappa shape index (κ2) is 6.42. The van der Waals surface area contributed by atoms with Gasteiger partial charge in [0.1, 0.15) is 0 Å². The number of urea groups is 1. The molecule has 2 aromatic rings. The van der Waals surface area contributed by atoms with Crippen LogP contribution in [-0.4, -0.2) is 30.6 Å². The quantitative estimate of drug-likeness (QED) is 0.819. The van der Waals surface area contributed by atoms with E-state index in [4.69, 9.17) is 0 Å². The van der Waals surface area contributed by atoms with Crippen molar-refractivity contribution in [3.63, 3.8) is 0 Å². The SMILES string of the molecule is CCN(CC)C(=O)N(CC)c1ccc2ccccc2c1. The van der Waals surface area contributed by atoms with Crippen molar-refractivity contribution in [3.05, 3.63) is 42.5 Å². The summed E-state index contributed by atoms with van der Waals surface area (Å²) in [5, 5.41) is 2.36. The fourth-order valence-electron chi connectivity index (χ4n) is 2.44. The summed E-state index contributed by atoms with van der Waals surface area (Å²) in [6.07, 6.45) is 0. The van der Waals surface area contributed by atoms with Gasteiger partial charge in [-0.2, -0.15) is 0 Å².